The van der Waals surface area contributed by atoms with Crippen molar-refractivity contribution in [3.8, 4) is 5.75 Å². The molecule has 0 saturated carbocycles. The van der Waals surface area contributed by atoms with Gasteiger partial charge in [-0.05, 0) is 62.1 Å². The van der Waals surface area contributed by atoms with Crippen LogP contribution in [0, 0.1) is 36.0 Å². The number of β-amino-alcohol motifs (C(OH)–C–C–N with tert-alkyl or cyclic N) is 1. The first kappa shape index (κ1) is 54.6. The lowest BCUT2D eigenvalue weighted by atomic mass is 9.72. The molecular formula is C48H74N4O11. The number of hydrogen-bond donors (Lipinski definition) is 5. The van der Waals surface area contributed by atoms with Crippen LogP contribution in [0.2, 0.25) is 0 Å². The van der Waals surface area contributed by atoms with E-state index in [0.717, 1.165) is 0 Å². The molecule has 1 aromatic carbocycles. The van der Waals surface area contributed by atoms with E-state index in [1.807, 2.05) is 54.5 Å². The minimum atomic E-state index is -1.55. The number of hydrazone groups is 1. The van der Waals surface area contributed by atoms with Gasteiger partial charge in [-0.25, -0.2) is 0 Å². The Morgan fingerprint density at radius 2 is 1.62 bits per heavy atom. The third kappa shape index (κ3) is 13.0. The van der Waals surface area contributed by atoms with E-state index in [1.165, 1.54) is 45.6 Å². The average Bonchev–Trinajstić information content (AvgIpc) is 3.26. The number of ether oxygens (including phenoxy) is 3. The second-order valence-electron chi connectivity index (χ2n) is 16.7. The molecule has 1 aromatic rings. The second-order valence-corrected chi connectivity index (χ2v) is 16.7. The monoisotopic (exact) mass is 883 g/mol. The van der Waals surface area contributed by atoms with Gasteiger partial charge in [-0.1, -0.05) is 74.1 Å². The number of benzene rings is 1. The predicted molar refractivity (Wildman–Crippen MR) is 244 cm³/mol. The van der Waals surface area contributed by atoms with Crippen molar-refractivity contribution >= 4 is 29.5 Å². The van der Waals surface area contributed by atoms with E-state index >= 15 is 0 Å². The number of fused-ring (bicyclic) bond motifs is 17. The van der Waals surface area contributed by atoms with Gasteiger partial charge in [0.1, 0.15) is 11.4 Å². The number of hydrogen-bond acceptors (Lipinski definition) is 14. The third-order valence-corrected chi connectivity index (χ3v) is 12.4. The number of phenolic OH excluding ortho intramolecular Hbond substituents is 1. The fraction of sp³-hybridized carbons (Fsp3) is 0.604. The molecule has 352 valence electrons. The van der Waals surface area contributed by atoms with Gasteiger partial charge >= 0.3 is 0 Å². The molecule has 3 aliphatic heterocycles. The maximum atomic E-state index is 14.6. The summed E-state index contributed by atoms with van der Waals surface area (Å²) in [6.07, 6.45) is 7.60. The van der Waals surface area contributed by atoms with Gasteiger partial charge in [0, 0.05) is 75.0 Å². The molecule has 1 fully saturated rings. The van der Waals surface area contributed by atoms with Gasteiger partial charge in [-0.15, -0.1) is 0 Å². The molecule has 5 N–H and O–H groups in total. The largest absolute Gasteiger partial charge is 0.507 e. The number of nitrogens with zero attached hydrogens (tertiary/aromatic N) is 3. The number of aryl methyl sites for hydroxylation is 1. The molecule has 0 aromatic heterocycles. The van der Waals surface area contributed by atoms with Crippen LogP contribution in [0.3, 0.4) is 0 Å². The van der Waals surface area contributed by atoms with Crippen LogP contribution in [0.25, 0.3) is 0 Å². The van der Waals surface area contributed by atoms with Gasteiger partial charge < -0.3 is 40.0 Å². The number of aliphatic hydroxyl groups excluding tert-OH is 3. The first-order valence-electron chi connectivity index (χ1n) is 21.6. The molecule has 0 radical (unpaired) electrons. The Morgan fingerprint density at radius 3 is 2.21 bits per heavy atom. The number of ketones is 3. The lowest BCUT2D eigenvalue weighted by molar-refractivity contribution is -0.116. The summed E-state index contributed by atoms with van der Waals surface area (Å²) in [6, 6.07) is 1.30. The van der Waals surface area contributed by atoms with Crippen molar-refractivity contribution in [1.29, 1.82) is 0 Å². The number of phenols is 1. The summed E-state index contributed by atoms with van der Waals surface area (Å²) in [5.41, 5.74) is -2.24. The van der Waals surface area contributed by atoms with E-state index in [2.05, 4.69) is 15.3 Å². The zero-order valence-electron chi connectivity index (χ0n) is 38.4. The number of allylic oxidation sites excluding steroid dienone is 5. The molecule has 4 aliphatic rings. The van der Waals surface area contributed by atoms with Crippen molar-refractivity contribution in [2.45, 2.75) is 101 Å². The predicted octanol–water partition coefficient (Wildman–Crippen LogP) is 5.61. The number of aliphatic hydroxyl groups is 3. The fourth-order valence-electron chi connectivity index (χ4n) is 8.16. The molecule has 8 atom stereocenters. The number of amides is 1. The fourth-order valence-corrected chi connectivity index (χ4v) is 8.16. The molecule has 1 saturated heterocycles. The third-order valence-electron chi connectivity index (χ3n) is 12.4. The van der Waals surface area contributed by atoms with E-state index in [4.69, 9.17) is 14.2 Å². The topological polar surface area (TPSA) is 208 Å². The standard InChI is InChI=1S/C45H64N4O11.C2H6.CH4/c1-26-13-11-21-60-44(59-9)40(55)32-23-29(4)38(53)35-34(32)39(54)33(24-46-49-17-15-48(16-18-49)19-20-50)36(41(35)56)47-43(57)27(2)12-10-14-45(7,25-51)30(5)22-28(3)37(52)31(6)42(26)58-8;1-2;/h10-12,14,21,23-24,26,28,30-31,37,42,44,50-53H,13,15-20,22,25H2,1-9H3,(H,47,57);1-2H3;1H4/b14-10+,21-11+,27-12-,46-24+;;/t26-,28-,30?,31-,37?,42?,44?,45?;;/m1../s1. The number of nitrogens with one attached hydrogen (secondary N) is 1. The summed E-state index contributed by atoms with van der Waals surface area (Å²) in [4.78, 5) is 59.1. The highest BCUT2D eigenvalue weighted by Crippen LogP contribution is 2.38. The number of carbonyl (C=O) groups is 4. The number of piperazine rings is 1. The normalized spacial score (nSPS) is 30.2. The first-order valence-corrected chi connectivity index (χ1v) is 21.6. The van der Waals surface area contributed by atoms with Crippen molar-refractivity contribution in [2.75, 3.05) is 60.2 Å². The molecule has 15 heteroatoms. The highest BCUT2D eigenvalue weighted by atomic mass is 16.7. The van der Waals surface area contributed by atoms with Crippen LogP contribution in [-0.2, 0) is 19.0 Å². The number of aromatic hydroxyl groups is 1. The zero-order valence-corrected chi connectivity index (χ0v) is 38.4. The van der Waals surface area contributed by atoms with Crippen molar-refractivity contribution in [3.63, 3.8) is 0 Å². The molecule has 4 bridgehead atoms. The molecular weight excluding hydrogens is 809 g/mol. The van der Waals surface area contributed by atoms with Crippen molar-refractivity contribution in [1.82, 2.24) is 15.2 Å². The smallest absolute Gasteiger partial charge is 0.263 e. The quantitative estimate of drug-likeness (QED) is 0.212. The van der Waals surface area contributed by atoms with E-state index in [1.54, 1.807) is 24.3 Å². The molecule has 5 unspecified atom stereocenters. The molecule has 15 nitrogen and oxygen atoms in total. The van der Waals surface area contributed by atoms with Crippen LogP contribution < -0.4 is 5.32 Å². The lowest BCUT2D eigenvalue weighted by Crippen LogP contribution is -2.45. The minimum absolute atomic E-state index is 0. The van der Waals surface area contributed by atoms with Gasteiger partial charge in [0.25, 0.3) is 12.2 Å². The molecule has 3 heterocycles. The Kier molecular flexibility index (Phi) is 21.8. The SMILES string of the molecule is C.CC.COC1O/C=C/C[C@@H](C)C(OC)[C@H](C)C(O)[C@H](C)CC(C)C(C)(CO)/C=C/C=C(/C)C(=O)NC2=C(/C=N/N3CCN(CCO)CC3)C(=O)c3c(cc(C)c(O)c3C2=O)C1=O. The molecule has 5 rings (SSSR count). The summed E-state index contributed by atoms with van der Waals surface area (Å²) >= 11 is 0. The summed E-state index contributed by atoms with van der Waals surface area (Å²) in [5.74, 6) is -4.40. The Balaban J connectivity index is 0.00000448. The Hall–Kier alpha value is -4.51. The van der Waals surface area contributed by atoms with Gasteiger partial charge in [-0.2, -0.15) is 5.10 Å². The highest BCUT2D eigenvalue weighted by molar-refractivity contribution is 6.37. The van der Waals surface area contributed by atoms with Crippen LogP contribution in [0.5, 0.6) is 5.75 Å². The summed E-state index contributed by atoms with van der Waals surface area (Å²) in [5, 5.41) is 51.5. The summed E-state index contributed by atoms with van der Waals surface area (Å²) < 4.78 is 17.1. The number of Topliss-reactive ketones (excluding diaryl/α,β-unsaturated/α-hetero) is 3. The van der Waals surface area contributed by atoms with Crippen LogP contribution in [0.4, 0.5) is 0 Å². The van der Waals surface area contributed by atoms with Gasteiger partial charge in [0.2, 0.25) is 11.6 Å². The van der Waals surface area contributed by atoms with Crippen LogP contribution in [0.15, 0.2) is 58.6 Å². The van der Waals surface area contributed by atoms with Gasteiger partial charge in [-0.3, -0.25) is 29.1 Å². The highest BCUT2D eigenvalue weighted by Gasteiger charge is 2.41. The van der Waals surface area contributed by atoms with Crippen LogP contribution >= 0.6 is 0 Å². The van der Waals surface area contributed by atoms with E-state index in [9.17, 15) is 39.6 Å². The van der Waals surface area contributed by atoms with Crippen molar-refractivity contribution < 1.29 is 53.8 Å². The summed E-state index contributed by atoms with van der Waals surface area (Å²) in [7, 11) is 2.86. The van der Waals surface area contributed by atoms with Crippen molar-refractivity contribution in [3.05, 3.63) is 75.7 Å². The van der Waals surface area contributed by atoms with Crippen LogP contribution in [-0.4, -0.2) is 138 Å². The lowest BCUT2D eigenvalue weighted by Gasteiger charge is -2.37. The van der Waals surface area contributed by atoms with E-state index < -0.39 is 58.1 Å². The molecule has 0 spiro atoms. The molecule has 1 aliphatic carbocycles. The molecule has 1 amide bonds. The maximum Gasteiger partial charge on any atom is 0.263 e. The number of carbonyl (C=O) groups excluding carboxylic acids is 4. The van der Waals surface area contributed by atoms with Crippen LogP contribution in [0.1, 0.15) is 112 Å². The Bertz CT molecular complexity index is 1900. The van der Waals surface area contributed by atoms with E-state index in [0.29, 0.717) is 45.6 Å². The Labute approximate surface area is 374 Å². The minimum Gasteiger partial charge on any atom is -0.507 e. The number of methoxy groups -OCH3 is 2. The van der Waals surface area contributed by atoms with Gasteiger partial charge in [0.05, 0.1) is 49.0 Å². The number of rotatable bonds is 7. The molecule has 63 heavy (non-hydrogen) atoms. The maximum absolute atomic E-state index is 14.6. The second kappa shape index (κ2) is 25.1. The van der Waals surface area contributed by atoms with E-state index in [-0.39, 0.29) is 78.3 Å². The average molecular weight is 883 g/mol. The zero-order chi connectivity index (χ0) is 46.5. The van der Waals surface area contributed by atoms with Gasteiger partial charge in [0.15, 0.2) is 5.78 Å². The summed E-state index contributed by atoms with van der Waals surface area (Å²) in [6.45, 7) is 19.2. The van der Waals surface area contributed by atoms with Crippen molar-refractivity contribution in [2.24, 2.45) is 34.2 Å². The Morgan fingerprint density at radius 1 is 0.968 bits per heavy atom. The first-order chi connectivity index (χ1) is 29.4.